The molecule has 0 saturated carbocycles. The fourth-order valence-electron chi connectivity index (χ4n) is 3.98. The van der Waals surface area contributed by atoms with Gasteiger partial charge >= 0.3 is 0 Å². The van der Waals surface area contributed by atoms with Gasteiger partial charge in [-0.1, -0.05) is 59.6 Å². The fraction of sp³-hybridized carbons (Fsp3) is 0.0833. The molecule has 5 rings (SSSR count). The van der Waals surface area contributed by atoms with Crippen LogP contribution < -0.4 is 0 Å². The number of carbonyl (C=O) groups is 1. The van der Waals surface area contributed by atoms with Gasteiger partial charge in [0, 0.05) is 27.7 Å². The number of rotatable bonds is 4. The number of aromatic hydroxyl groups is 1. The average molecular weight is 450 g/mol. The van der Waals surface area contributed by atoms with Gasteiger partial charge in [-0.2, -0.15) is 5.10 Å². The second-order valence-electron chi connectivity index (χ2n) is 7.42. The first-order valence-corrected chi connectivity index (χ1v) is 10.5. The van der Waals surface area contributed by atoms with E-state index in [1.54, 1.807) is 29.2 Å². The van der Waals surface area contributed by atoms with E-state index in [-0.39, 0.29) is 17.7 Å². The Kier molecular flexibility index (Phi) is 4.93. The number of amides is 1. The lowest BCUT2D eigenvalue weighted by atomic mass is 9.96. The van der Waals surface area contributed by atoms with Crippen molar-refractivity contribution in [3.63, 3.8) is 0 Å². The fourth-order valence-corrected chi connectivity index (χ4v) is 4.23. The molecular formula is C24H17Cl2N3O2. The number of nitrogens with zero attached hydrogens (tertiary/aromatic N) is 2. The zero-order chi connectivity index (χ0) is 21.5. The maximum Gasteiger partial charge on any atom is 0.273 e. The maximum absolute atomic E-state index is 13.4. The summed E-state index contributed by atoms with van der Waals surface area (Å²) in [5.41, 5.74) is 4.70. The zero-order valence-corrected chi connectivity index (χ0v) is 17.7. The molecule has 0 spiro atoms. The number of hydrogen-bond donors (Lipinski definition) is 2. The Hall–Kier alpha value is -3.28. The van der Waals surface area contributed by atoms with Crippen molar-refractivity contribution in [3.8, 4) is 17.0 Å². The molecule has 5 nitrogen and oxygen atoms in total. The molecule has 31 heavy (non-hydrogen) atoms. The van der Waals surface area contributed by atoms with Crippen LogP contribution >= 0.6 is 23.2 Å². The van der Waals surface area contributed by atoms with Crippen LogP contribution in [0.5, 0.6) is 5.75 Å². The molecule has 1 amide bonds. The average Bonchev–Trinajstić information content (AvgIpc) is 3.31. The summed E-state index contributed by atoms with van der Waals surface area (Å²) in [5, 5.41) is 18.4. The van der Waals surface area contributed by atoms with Gasteiger partial charge in [0.05, 0.1) is 11.7 Å². The van der Waals surface area contributed by atoms with Crippen molar-refractivity contribution in [2.24, 2.45) is 0 Å². The molecule has 1 atom stereocenters. The second-order valence-corrected chi connectivity index (χ2v) is 8.29. The molecule has 1 unspecified atom stereocenters. The van der Waals surface area contributed by atoms with Crippen molar-refractivity contribution in [3.05, 3.63) is 105 Å². The Bertz CT molecular complexity index is 1250. The Balaban J connectivity index is 1.63. The molecular weight excluding hydrogens is 433 g/mol. The Labute approximate surface area is 188 Å². The molecule has 0 radical (unpaired) electrons. The van der Waals surface area contributed by atoms with Gasteiger partial charge in [-0.15, -0.1) is 0 Å². The van der Waals surface area contributed by atoms with E-state index in [1.807, 2.05) is 48.5 Å². The summed E-state index contributed by atoms with van der Waals surface area (Å²) in [6.45, 7) is 0.407. The minimum Gasteiger partial charge on any atom is -0.508 e. The third kappa shape index (κ3) is 3.56. The number of H-pyrrole nitrogens is 1. The highest BCUT2D eigenvalue weighted by molar-refractivity contribution is 6.30. The number of nitrogens with one attached hydrogen (secondary N) is 1. The highest BCUT2D eigenvalue weighted by Gasteiger charge is 2.42. The van der Waals surface area contributed by atoms with Gasteiger partial charge in [-0.3, -0.25) is 9.89 Å². The predicted molar refractivity (Wildman–Crippen MR) is 120 cm³/mol. The molecule has 7 heteroatoms. The normalized spacial score (nSPS) is 15.4. The summed E-state index contributed by atoms with van der Waals surface area (Å²) in [7, 11) is 0. The third-order valence-electron chi connectivity index (χ3n) is 5.46. The lowest BCUT2D eigenvalue weighted by molar-refractivity contribution is 0.0730. The van der Waals surface area contributed by atoms with E-state index in [0.29, 0.717) is 28.0 Å². The quantitative estimate of drug-likeness (QED) is 0.411. The van der Waals surface area contributed by atoms with Crippen molar-refractivity contribution < 1.29 is 9.90 Å². The maximum atomic E-state index is 13.4. The minimum atomic E-state index is -0.358. The number of phenols is 1. The van der Waals surface area contributed by atoms with Crippen LogP contribution in [-0.2, 0) is 6.54 Å². The van der Waals surface area contributed by atoms with Crippen LogP contribution in [0.4, 0.5) is 0 Å². The monoisotopic (exact) mass is 449 g/mol. The van der Waals surface area contributed by atoms with Crippen molar-refractivity contribution >= 4 is 29.1 Å². The van der Waals surface area contributed by atoms with Crippen molar-refractivity contribution in [2.75, 3.05) is 0 Å². The third-order valence-corrected chi connectivity index (χ3v) is 5.96. The second kappa shape index (κ2) is 7.76. The number of aromatic amines is 1. The van der Waals surface area contributed by atoms with E-state index in [4.69, 9.17) is 23.2 Å². The van der Waals surface area contributed by atoms with E-state index in [1.165, 1.54) is 0 Å². The van der Waals surface area contributed by atoms with Crippen LogP contribution in [-0.4, -0.2) is 26.1 Å². The van der Waals surface area contributed by atoms with Crippen molar-refractivity contribution in [2.45, 2.75) is 12.6 Å². The molecule has 4 aromatic rings. The summed E-state index contributed by atoms with van der Waals surface area (Å²) < 4.78 is 0. The molecule has 1 aliphatic rings. The van der Waals surface area contributed by atoms with Crippen LogP contribution in [0.1, 0.15) is 33.2 Å². The first-order valence-electron chi connectivity index (χ1n) is 9.70. The lowest BCUT2D eigenvalue weighted by Crippen LogP contribution is -2.29. The molecule has 3 aromatic carbocycles. The first kappa shape index (κ1) is 19.7. The minimum absolute atomic E-state index is 0.129. The number of fused-ring (bicyclic) bond motifs is 1. The Morgan fingerprint density at radius 2 is 1.52 bits per heavy atom. The predicted octanol–water partition coefficient (Wildman–Crippen LogP) is 5.83. The molecule has 0 bridgehead atoms. The molecule has 2 N–H and O–H groups in total. The highest BCUT2D eigenvalue weighted by atomic mass is 35.5. The molecule has 1 aromatic heterocycles. The summed E-state index contributed by atoms with van der Waals surface area (Å²) in [6, 6.07) is 21.4. The largest absolute Gasteiger partial charge is 0.508 e. The lowest BCUT2D eigenvalue weighted by Gasteiger charge is -2.26. The van der Waals surface area contributed by atoms with Gasteiger partial charge in [0.2, 0.25) is 0 Å². The number of carbonyl (C=O) groups excluding carboxylic acids is 1. The van der Waals surface area contributed by atoms with Gasteiger partial charge in [0.25, 0.3) is 5.91 Å². The van der Waals surface area contributed by atoms with Crippen LogP contribution in [0.25, 0.3) is 11.3 Å². The molecule has 2 heterocycles. The van der Waals surface area contributed by atoms with E-state index < -0.39 is 0 Å². The first-order chi connectivity index (χ1) is 15.0. The van der Waals surface area contributed by atoms with Gasteiger partial charge in [0.15, 0.2) is 0 Å². The van der Waals surface area contributed by atoms with E-state index >= 15 is 0 Å². The topological polar surface area (TPSA) is 69.2 Å². The van der Waals surface area contributed by atoms with Crippen molar-refractivity contribution in [1.29, 1.82) is 0 Å². The highest BCUT2D eigenvalue weighted by Crippen LogP contribution is 2.43. The smallest absolute Gasteiger partial charge is 0.273 e. The van der Waals surface area contributed by atoms with Crippen LogP contribution in [0, 0.1) is 0 Å². The number of aromatic nitrogens is 2. The van der Waals surface area contributed by atoms with Gasteiger partial charge < -0.3 is 10.0 Å². The van der Waals surface area contributed by atoms with Gasteiger partial charge in [-0.05, 0) is 47.5 Å². The van der Waals surface area contributed by atoms with E-state index in [0.717, 1.165) is 22.3 Å². The SMILES string of the molecule is O=C1c2[nH]nc(-c3ccc(Cl)cc3)c2C(c2ccc(O)cc2)N1Cc1ccc(Cl)cc1. The summed E-state index contributed by atoms with van der Waals surface area (Å²) in [6.07, 6.45) is 0. The zero-order valence-electron chi connectivity index (χ0n) is 16.2. The number of benzene rings is 3. The van der Waals surface area contributed by atoms with Crippen LogP contribution in [0.15, 0.2) is 72.8 Å². The molecule has 0 fully saturated rings. The summed E-state index contributed by atoms with van der Waals surface area (Å²) in [5.74, 6) is 0.0402. The van der Waals surface area contributed by atoms with Crippen LogP contribution in [0.2, 0.25) is 10.0 Å². The molecule has 154 valence electrons. The molecule has 0 aliphatic carbocycles. The number of halogens is 2. The van der Waals surface area contributed by atoms with E-state index in [2.05, 4.69) is 10.2 Å². The standard InChI is InChI=1S/C24H17Cl2N3O2/c25-17-7-1-14(2-8-17)13-29-23(16-5-11-19(30)12-6-16)20-21(27-28-22(20)24(29)31)15-3-9-18(26)10-4-15/h1-12,23,30H,13H2,(H,27,28). The number of hydrogen-bond acceptors (Lipinski definition) is 3. The van der Waals surface area contributed by atoms with E-state index in [9.17, 15) is 9.90 Å². The Morgan fingerprint density at radius 1 is 0.903 bits per heavy atom. The number of phenolic OH excluding ortho intramolecular Hbond substituents is 1. The molecule has 0 saturated heterocycles. The Morgan fingerprint density at radius 3 is 2.16 bits per heavy atom. The summed E-state index contributed by atoms with van der Waals surface area (Å²) in [4.78, 5) is 15.2. The summed E-state index contributed by atoms with van der Waals surface area (Å²) >= 11 is 12.1. The van der Waals surface area contributed by atoms with Crippen LogP contribution in [0.3, 0.4) is 0 Å². The van der Waals surface area contributed by atoms with Crippen molar-refractivity contribution in [1.82, 2.24) is 15.1 Å². The van der Waals surface area contributed by atoms with Gasteiger partial charge in [0.1, 0.15) is 11.4 Å². The van der Waals surface area contributed by atoms with Gasteiger partial charge in [-0.25, -0.2) is 0 Å². The molecule has 1 aliphatic heterocycles.